The SMILES string of the molecule is Clc1nc(-c2cccs2)nc2cc3ccccc3cc12. The summed E-state index contributed by atoms with van der Waals surface area (Å²) in [6.07, 6.45) is 0. The van der Waals surface area contributed by atoms with Gasteiger partial charge in [0.2, 0.25) is 0 Å². The van der Waals surface area contributed by atoms with Crippen LogP contribution in [0.2, 0.25) is 5.15 Å². The average molecular weight is 297 g/mol. The van der Waals surface area contributed by atoms with Gasteiger partial charge in [-0.2, -0.15) is 0 Å². The van der Waals surface area contributed by atoms with Crippen LogP contribution in [0.5, 0.6) is 0 Å². The van der Waals surface area contributed by atoms with Gasteiger partial charge >= 0.3 is 0 Å². The molecular formula is C16H9ClN2S. The number of benzene rings is 2. The first-order valence-electron chi connectivity index (χ1n) is 6.21. The molecule has 0 radical (unpaired) electrons. The highest BCUT2D eigenvalue weighted by molar-refractivity contribution is 7.13. The summed E-state index contributed by atoms with van der Waals surface area (Å²) in [5, 5.41) is 5.72. The lowest BCUT2D eigenvalue weighted by molar-refractivity contribution is 1.24. The van der Waals surface area contributed by atoms with Crippen molar-refractivity contribution in [2.24, 2.45) is 0 Å². The number of hydrogen-bond acceptors (Lipinski definition) is 3. The Labute approximate surface area is 124 Å². The quantitative estimate of drug-likeness (QED) is 0.358. The molecule has 4 heteroatoms. The molecule has 4 aromatic rings. The van der Waals surface area contributed by atoms with Crippen molar-refractivity contribution >= 4 is 44.6 Å². The van der Waals surface area contributed by atoms with E-state index >= 15 is 0 Å². The Balaban J connectivity index is 2.06. The molecule has 0 amide bonds. The summed E-state index contributed by atoms with van der Waals surface area (Å²) < 4.78 is 0. The lowest BCUT2D eigenvalue weighted by Crippen LogP contribution is -1.90. The van der Waals surface area contributed by atoms with Crippen molar-refractivity contribution in [3.05, 3.63) is 59.1 Å². The minimum absolute atomic E-state index is 0.504. The summed E-state index contributed by atoms with van der Waals surface area (Å²) in [6.45, 7) is 0. The van der Waals surface area contributed by atoms with Crippen LogP contribution in [0.3, 0.4) is 0 Å². The van der Waals surface area contributed by atoms with Crippen LogP contribution in [0.25, 0.3) is 32.4 Å². The molecule has 2 aromatic heterocycles. The van der Waals surface area contributed by atoms with Crippen molar-refractivity contribution in [2.45, 2.75) is 0 Å². The summed E-state index contributed by atoms with van der Waals surface area (Å²) in [6, 6.07) is 16.3. The lowest BCUT2D eigenvalue weighted by atomic mass is 10.1. The summed E-state index contributed by atoms with van der Waals surface area (Å²) >= 11 is 7.95. The zero-order valence-corrected chi connectivity index (χ0v) is 11.9. The number of aromatic nitrogens is 2. The first-order chi connectivity index (χ1) is 9.81. The Morgan fingerprint density at radius 1 is 0.900 bits per heavy atom. The largest absolute Gasteiger partial charge is 0.227 e. The second kappa shape index (κ2) is 4.54. The van der Waals surface area contributed by atoms with Crippen molar-refractivity contribution in [3.63, 3.8) is 0 Å². The third-order valence-electron chi connectivity index (χ3n) is 3.26. The zero-order valence-electron chi connectivity index (χ0n) is 10.4. The molecule has 0 fully saturated rings. The number of halogens is 1. The Kier molecular flexibility index (Phi) is 2.69. The fourth-order valence-electron chi connectivity index (χ4n) is 2.29. The van der Waals surface area contributed by atoms with Gasteiger partial charge in [0.15, 0.2) is 5.82 Å². The maximum Gasteiger partial charge on any atom is 0.171 e. The van der Waals surface area contributed by atoms with E-state index in [-0.39, 0.29) is 0 Å². The average Bonchev–Trinajstić information content (AvgIpc) is 2.99. The second-order valence-electron chi connectivity index (χ2n) is 4.53. The van der Waals surface area contributed by atoms with Gasteiger partial charge in [0, 0.05) is 5.39 Å². The molecule has 2 aromatic carbocycles. The smallest absolute Gasteiger partial charge is 0.171 e. The summed E-state index contributed by atoms with van der Waals surface area (Å²) in [4.78, 5) is 10.1. The van der Waals surface area contributed by atoms with Crippen molar-refractivity contribution < 1.29 is 0 Å². The Morgan fingerprint density at radius 3 is 2.45 bits per heavy atom. The van der Waals surface area contributed by atoms with Crippen molar-refractivity contribution in [3.8, 4) is 10.7 Å². The Bertz CT molecular complexity index is 916. The van der Waals surface area contributed by atoms with E-state index in [1.165, 1.54) is 0 Å². The van der Waals surface area contributed by atoms with Crippen LogP contribution in [0.4, 0.5) is 0 Å². The lowest BCUT2D eigenvalue weighted by Gasteiger charge is -2.05. The Hall–Kier alpha value is -1.97. The molecule has 2 nitrogen and oxygen atoms in total. The predicted octanol–water partition coefficient (Wildman–Crippen LogP) is 5.16. The number of fused-ring (bicyclic) bond motifs is 2. The van der Waals surface area contributed by atoms with E-state index in [2.05, 4.69) is 28.2 Å². The van der Waals surface area contributed by atoms with E-state index in [4.69, 9.17) is 11.6 Å². The molecule has 2 heterocycles. The van der Waals surface area contributed by atoms with Gasteiger partial charge in [-0.1, -0.05) is 41.9 Å². The van der Waals surface area contributed by atoms with Gasteiger partial charge in [0.1, 0.15) is 5.15 Å². The fourth-order valence-corrected chi connectivity index (χ4v) is 3.18. The molecule has 0 saturated carbocycles. The van der Waals surface area contributed by atoms with Gasteiger partial charge in [0.05, 0.1) is 10.4 Å². The highest BCUT2D eigenvalue weighted by Gasteiger charge is 2.09. The van der Waals surface area contributed by atoms with Crippen LogP contribution < -0.4 is 0 Å². The number of nitrogens with zero attached hydrogens (tertiary/aromatic N) is 2. The van der Waals surface area contributed by atoms with Gasteiger partial charge in [-0.3, -0.25) is 0 Å². The van der Waals surface area contributed by atoms with Crippen molar-refractivity contribution in [1.82, 2.24) is 9.97 Å². The fraction of sp³-hybridized carbons (Fsp3) is 0. The molecule has 0 unspecified atom stereocenters. The molecule has 0 N–H and O–H groups in total. The molecular weight excluding hydrogens is 288 g/mol. The third-order valence-corrected chi connectivity index (χ3v) is 4.41. The summed E-state index contributed by atoms with van der Waals surface area (Å²) in [5.41, 5.74) is 0.882. The maximum atomic E-state index is 6.33. The molecule has 4 rings (SSSR count). The van der Waals surface area contributed by atoms with E-state index in [1.54, 1.807) is 11.3 Å². The molecule has 0 aliphatic carbocycles. The van der Waals surface area contributed by atoms with E-state index in [0.717, 1.165) is 26.6 Å². The van der Waals surface area contributed by atoms with Gasteiger partial charge in [0.25, 0.3) is 0 Å². The first kappa shape index (κ1) is 11.8. The van der Waals surface area contributed by atoms with E-state index in [9.17, 15) is 0 Å². The van der Waals surface area contributed by atoms with E-state index < -0.39 is 0 Å². The highest BCUT2D eigenvalue weighted by atomic mass is 35.5. The third kappa shape index (κ3) is 1.87. The normalized spacial score (nSPS) is 11.2. The predicted molar refractivity (Wildman–Crippen MR) is 85.4 cm³/mol. The molecule has 96 valence electrons. The number of thiophene rings is 1. The molecule has 0 atom stereocenters. The molecule has 0 aliphatic rings. The van der Waals surface area contributed by atoms with Gasteiger partial charge < -0.3 is 0 Å². The van der Waals surface area contributed by atoms with Gasteiger partial charge in [-0.25, -0.2) is 9.97 Å². The van der Waals surface area contributed by atoms with Crippen LogP contribution in [-0.4, -0.2) is 9.97 Å². The Morgan fingerprint density at radius 2 is 1.70 bits per heavy atom. The molecule has 0 saturated heterocycles. The van der Waals surface area contributed by atoms with Gasteiger partial charge in [-0.05, 0) is 34.4 Å². The van der Waals surface area contributed by atoms with Crippen molar-refractivity contribution in [2.75, 3.05) is 0 Å². The molecule has 0 spiro atoms. The zero-order chi connectivity index (χ0) is 13.5. The summed E-state index contributed by atoms with van der Waals surface area (Å²) in [5.74, 6) is 0.688. The van der Waals surface area contributed by atoms with E-state index in [0.29, 0.717) is 11.0 Å². The van der Waals surface area contributed by atoms with Gasteiger partial charge in [-0.15, -0.1) is 11.3 Å². The first-order valence-corrected chi connectivity index (χ1v) is 7.47. The monoisotopic (exact) mass is 296 g/mol. The van der Waals surface area contributed by atoms with Crippen LogP contribution in [0.15, 0.2) is 53.9 Å². The van der Waals surface area contributed by atoms with Crippen LogP contribution >= 0.6 is 22.9 Å². The second-order valence-corrected chi connectivity index (χ2v) is 5.84. The highest BCUT2D eigenvalue weighted by Crippen LogP contribution is 2.30. The molecule has 0 aliphatic heterocycles. The van der Waals surface area contributed by atoms with Crippen LogP contribution in [0, 0.1) is 0 Å². The molecule has 20 heavy (non-hydrogen) atoms. The number of rotatable bonds is 1. The maximum absolute atomic E-state index is 6.33. The van der Waals surface area contributed by atoms with Crippen LogP contribution in [0.1, 0.15) is 0 Å². The standard InChI is InChI=1S/C16H9ClN2S/c17-15-12-8-10-4-1-2-5-11(10)9-13(12)18-16(19-15)14-6-3-7-20-14/h1-9H. The number of hydrogen-bond donors (Lipinski definition) is 0. The molecule has 0 bridgehead atoms. The topological polar surface area (TPSA) is 25.8 Å². The minimum atomic E-state index is 0.504. The van der Waals surface area contributed by atoms with Crippen LogP contribution in [-0.2, 0) is 0 Å². The minimum Gasteiger partial charge on any atom is -0.227 e. The van der Waals surface area contributed by atoms with E-state index in [1.807, 2.05) is 35.7 Å². The summed E-state index contributed by atoms with van der Waals surface area (Å²) in [7, 11) is 0. The van der Waals surface area contributed by atoms with Crippen molar-refractivity contribution in [1.29, 1.82) is 0 Å².